The summed E-state index contributed by atoms with van der Waals surface area (Å²) in [5.74, 6) is -1.54. The van der Waals surface area contributed by atoms with Crippen LogP contribution in [0.4, 0.5) is 4.39 Å². The van der Waals surface area contributed by atoms with E-state index in [4.69, 9.17) is 0 Å². The van der Waals surface area contributed by atoms with Gasteiger partial charge in [-0.15, -0.1) is 0 Å². The summed E-state index contributed by atoms with van der Waals surface area (Å²) in [5.41, 5.74) is 0.187. The number of amides is 1. The molecule has 2 N–H and O–H groups in total. The fraction of sp³-hybridized carbons (Fsp3) is 0.529. The van der Waals surface area contributed by atoms with Crippen molar-refractivity contribution in [2.45, 2.75) is 51.5 Å². The number of benzene rings is 1. The Morgan fingerprint density at radius 1 is 1.41 bits per heavy atom. The topological polar surface area (TPSA) is 66.4 Å². The maximum absolute atomic E-state index is 13.3. The van der Waals surface area contributed by atoms with Gasteiger partial charge in [0.2, 0.25) is 5.91 Å². The summed E-state index contributed by atoms with van der Waals surface area (Å²) >= 11 is 0. The molecule has 1 aliphatic carbocycles. The molecule has 1 unspecified atom stereocenters. The lowest BCUT2D eigenvalue weighted by molar-refractivity contribution is -0.146. The van der Waals surface area contributed by atoms with E-state index in [1.165, 1.54) is 12.1 Å². The van der Waals surface area contributed by atoms with Gasteiger partial charge < -0.3 is 10.4 Å². The van der Waals surface area contributed by atoms with Crippen molar-refractivity contribution in [3.8, 4) is 0 Å². The summed E-state index contributed by atoms with van der Waals surface area (Å²) in [5, 5.41) is 11.8. The number of nitrogens with one attached hydrogen (secondary N) is 1. The maximum atomic E-state index is 13.3. The van der Waals surface area contributed by atoms with Crippen LogP contribution in [-0.2, 0) is 16.0 Å². The molecule has 2 rings (SSSR count). The van der Waals surface area contributed by atoms with Gasteiger partial charge in [-0.1, -0.05) is 31.9 Å². The normalized spacial score (nSPS) is 17.4. The lowest BCUT2D eigenvalue weighted by Gasteiger charge is -2.41. The average Bonchev–Trinajstić information content (AvgIpc) is 2.42. The molecule has 0 heterocycles. The van der Waals surface area contributed by atoms with Crippen molar-refractivity contribution in [2.75, 3.05) is 0 Å². The van der Waals surface area contributed by atoms with Gasteiger partial charge in [0.1, 0.15) is 11.9 Å². The molecule has 1 aromatic rings. The van der Waals surface area contributed by atoms with Crippen LogP contribution in [0, 0.1) is 11.2 Å². The van der Waals surface area contributed by atoms with E-state index in [-0.39, 0.29) is 11.7 Å². The van der Waals surface area contributed by atoms with Gasteiger partial charge in [-0.3, -0.25) is 4.79 Å². The first-order valence-corrected chi connectivity index (χ1v) is 7.75. The molecule has 1 aliphatic rings. The molecule has 1 atom stereocenters. The third-order valence-corrected chi connectivity index (χ3v) is 4.40. The van der Waals surface area contributed by atoms with Crippen molar-refractivity contribution in [2.24, 2.45) is 5.41 Å². The number of hydrogen-bond donors (Lipinski definition) is 2. The van der Waals surface area contributed by atoms with Crippen LogP contribution < -0.4 is 5.32 Å². The number of carboxylic acids is 1. The fourth-order valence-electron chi connectivity index (χ4n) is 2.98. The van der Waals surface area contributed by atoms with E-state index in [0.717, 1.165) is 12.0 Å². The Labute approximate surface area is 129 Å². The second-order valence-corrected chi connectivity index (χ2v) is 6.09. The quantitative estimate of drug-likeness (QED) is 0.814. The van der Waals surface area contributed by atoms with Crippen molar-refractivity contribution in [1.29, 1.82) is 0 Å². The SMILES string of the molecule is CCCC(NC(=O)C1(Cc2cccc(F)c2)CCC1)C(=O)O. The van der Waals surface area contributed by atoms with E-state index in [1.807, 2.05) is 6.92 Å². The lowest BCUT2D eigenvalue weighted by Crippen LogP contribution is -2.52. The molecule has 0 aliphatic heterocycles. The minimum absolute atomic E-state index is 0.219. The number of carboxylic acid groups (broad SMARTS) is 1. The minimum Gasteiger partial charge on any atom is -0.480 e. The first kappa shape index (κ1) is 16.5. The standard InChI is InChI=1S/C17H22FNO3/c1-2-5-14(15(20)21)19-16(22)17(8-4-9-17)11-12-6-3-7-13(18)10-12/h3,6-7,10,14H,2,4-5,8-9,11H2,1H3,(H,19,22)(H,20,21). The Morgan fingerprint density at radius 3 is 2.64 bits per heavy atom. The number of hydrogen-bond acceptors (Lipinski definition) is 2. The largest absolute Gasteiger partial charge is 0.480 e. The van der Waals surface area contributed by atoms with Crippen molar-refractivity contribution in [3.05, 3.63) is 35.6 Å². The summed E-state index contributed by atoms with van der Waals surface area (Å²) < 4.78 is 13.3. The minimum atomic E-state index is -1.00. The molecule has 1 saturated carbocycles. The van der Waals surface area contributed by atoms with E-state index in [9.17, 15) is 19.1 Å². The predicted octanol–water partition coefficient (Wildman–Crippen LogP) is 2.91. The smallest absolute Gasteiger partial charge is 0.326 e. The predicted molar refractivity (Wildman–Crippen MR) is 80.9 cm³/mol. The molecular weight excluding hydrogens is 285 g/mol. The van der Waals surface area contributed by atoms with Crippen LogP contribution in [0.25, 0.3) is 0 Å². The van der Waals surface area contributed by atoms with Gasteiger partial charge in [-0.25, -0.2) is 9.18 Å². The van der Waals surface area contributed by atoms with Gasteiger partial charge in [0, 0.05) is 0 Å². The van der Waals surface area contributed by atoms with Crippen LogP contribution in [-0.4, -0.2) is 23.0 Å². The van der Waals surface area contributed by atoms with E-state index < -0.39 is 17.4 Å². The molecular formula is C17H22FNO3. The van der Waals surface area contributed by atoms with Gasteiger partial charge in [0.25, 0.3) is 0 Å². The monoisotopic (exact) mass is 307 g/mol. The molecule has 0 bridgehead atoms. The van der Waals surface area contributed by atoms with Crippen molar-refractivity contribution in [1.82, 2.24) is 5.32 Å². The maximum Gasteiger partial charge on any atom is 0.326 e. The Kier molecular flexibility index (Phi) is 5.16. The van der Waals surface area contributed by atoms with Crippen molar-refractivity contribution >= 4 is 11.9 Å². The molecule has 0 saturated heterocycles. The Morgan fingerprint density at radius 2 is 2.14 bits per heavy atom. The Balaban J connectivity index is 2.09. The summed E-state index contributed by atoms with van der Waals surface area (Å²) in [6, 6.07) is 5.40. The van der Waals surface area contributed by atoms with Gasteiger partial charge in [-0.05, 0) is 43.4 Å². The molecule has 5 heteroatoms. The van der Waals surface area contributed by atoms with Gasteiger partial charge in [0.15, 0.2) is 0 Å². The summed E-state index contributed by atoms with van der Waals surface area (Å²) in [7, 11) is 0. The lowest BCUT2D eigenvalue weighted by atomic mass is 9.64. The summed E-state index contributed by atoms with van der Waals surface area (Å²) in [6.07, 6.45) is 3.93. The molecule has 0 radical (unpaired) electrons. The first-order chi connectivity index (χ1) is 10.5. The third-order valence-electron chi connectivity index (χ3n) is 4.40. The second kappa shape index (κ2) is 6.90. The van der Waals surface area contributed by atoms with Gasteiger partial charge >= 0.3 is 5.97 Å². The highest BCUT2D eigenvalue weighted by Crippen LogP contribution is 2.44. The number of aliphatic carboxylic acids is 1. The highest BCUT2D eigenvalue weighted by atomic mass is 19.1. The Hall–Kier alpha value is -1.91. The van der Waals surface area contributed by atoms with Crippen molar-refractivity contribution < 1.29 is 19.1 Å². The van der Waals surface area contributed by atoms with Gasteiger partial charge in [0.05, 0.1) is 5.41 Å². The molecule has 1 fully saturated rings. The molecule has 1 aromatic carbocycles. The molecule has 120 valence electrons. The van der Waals surface area contributed by atoms with E-state index in [0.29, 0.717) is 32.1 Å². The highest BCUT2D eigenvalue weighted by Gasteiger charge is 2.45. The van der Waals surface area contributed by atoms with E-state index in [1.54, 1.807) is 12.1 Å². The summed E-state index contributed by atoms with van der Waals surface area (Å²) in [4.78, 5) is 23.8. The fourth-order valence-corrected chi connectivity index (χ4v) is 2.98. The molecule has 4 nitrogen and oxygen atoms in total. The highest BCUT2D eigenvalue weighted by molar-refractivity contribution is 5.88. The molecule has 0 aromatic heterocycles. The van der Waals surface area contributed by atoms with Crippen LogP contribution in [0.15, 0.2) is 24.3 Å². The van der Waals surface area contributed by atoms with Crippen LogP contribution in [0.5, 0.6) is 0 Å². The van der Waals surface area contributed by atoms with E-state index in [2.05, 4.69) is 5.32 Å². The summed E-state index contributed by atoms with van der Waals surface area (Å²) in [6.45, 7) is 1.88. The average molecular weight is 307 g/mol. The number of halogens is 1. The number of carbonyl (C=O) groups is 2. The second-order valence-electron chi connectivity index (χ2n) is 6.09. The zero-order valence-corrected chi connectivity index (χ0v) is 12.8. The zero-order chi connectivity index (χ0) is 16.2. The molecule has 0 spiro atoms. The molecule has 22 heavy (non-hydrogen) atoms. The Bertz CT molecular complexity index is 555. The number of carbonyl (C=O) groups excluding carboxylic acids is 1. The van der Waals surface area contributed by atoms with Gasteiger partial charge in [-0.2, -0.15) is 0 Å². The first-order valence-electron chi connectivity index (χ1n) is 7.75. The van der Waals surface area contributed by atoms with E-state index >= 15 is 0 Å². The third kappa shape index (κ3) is 3.64. The van der Waals surface area contributed by atoms with Crippen LogP contribution in [0.2, 0.25) is 0 Å². The van der Waals surface area contributed by atoms with Crippen LogP contribution >= 0.6 is 0 Å². The van der Waals surface area contributed by atoms with Crippen LogP contribution in [0.1, 0.15) is 44.6 Å². The van der Waals surface area contributed by atoms with Crippen molar-refractivity contribution in [3.63, 3.8) is 0 Å². The zero-order valence-electron chi connectivity index (χ0n) is 12.8. The number of rotatable bonds is 7. The van der Waals surface area contributed by atoms with Crippen LogP contribution in [0.3, 0.4) is 0 Å². The molecule has 1 amide bonds.